The Morgan fingerprint density at radius 1 is 1.42 bits per heavy atom. The van der Waals surface area contributed by atoms with E-state index < -0.39 is 0 Å². The summed E-state index contributed by atoms with van der Waals surface area (Å²) in [4.78, 5) is 4.45. The van der Waals surface area contributed by atoms with Crippen molar-refractivity contribution in [3.05, 3.63) is 45.6 Å². The first-order valence-electron chi connectivity index (χ1n) is 6.02. The zero-order valence-corrected chi connectivity index (χ0v) is 12.8. The number of nitrogens with zero attached hydrogens (tertiary/aromatic N) is 1. The van der Waals surface area contributed by atoms with Gasteiger partial charge in [0.25, 0.3) is 0 Å². The van der Waals surface area contributed by atoms with Crippen molar-refractivity contribution in [1.82, 2.24) is 4.98 Å². The molecular weight excluding hydrogens is 308 g/mol. The van der Waals surface area contributed by atoms with E-state index in [4.69, 9.17) is 14.9 Å². The van der Waals surface area contributed by atoms with Crippen LogP contribution < -0.4 is 10.5 Å². The quantitative estimate of drug-likeness (QED) is 0.937. The fraction of sp³-hybridized carbons (Fsp3) is 0.357. The molecule has 0 aliphatic rings. The molecule has 0 radical (unpaired) electrons. The summed E-state index contributed by atoms with van der Waals surface area (Å²) >= 11 is 3.27. The summed E-state index contributed by atoms with van der Waals surface area (Å²) in [5.74, 6) is 1.62. The average molecular weight is 325 g/mol. The predicted molar refractivity (Wildman–Crippen MR) is 77.3 cm³/mol. The molecule has 2 heterocycles. The Labute approximate surface area is 121 Å². The SMILES string of the molecule is COc1c(C)cnc(CC(N)c2ccc(Br)o2)c1C. The Bertz CT molecular complexity index is 581. The fourth-order valence-corrected chi connectivity index (χ4v) is 2.43. The summed E-state index contributed by atoms with van der Waals surface area (Å²) in [5, 5.41) is 0. The van der Waals surface area contributed by atoms with Gasteiger partial charge in [0.15, 0.2) is 4.67 Å². The molecule has 19 heavy (non-hydrogen) atoms. The number of hydrogen-bond acceptors (Lipinski definition) is 4. The Morgan fingerprint density at radius 3 is 2.74 bits per heavy atom. The molecule has 0 spiro atoms. The second-order valence-electron chi connectivity index (χ2n) is 4.50. The van der Waals surface area contributed by atoms with Gasteiger partial charge in [-0.2, -0.15) is 0 Å². The van der Waals surface area contributed by atoms with Gasteiger partial charge >= 0.3 is 0 Å². The minimum absolute atomic E-state index is 0.218. The van der Waals surface area contributed by atoms with Crippen LogP contribution >= 0.6 is 15.9 Å². The zero-order chi connectivity index (χ0) is 14.0. The molecule has 5 heteroatoms. The lowest BCUT2D eigenvalue weighted by Gasteiger charge is -2.14. The number of furan rings is 1. The molecular formula is C14H17BrN2O2. The third-order valence-electron chi connectivity index (χ3n) is 3.12. The Morgan fingerprint density at radius 2 is 2.16 bits per heavy atom. The van der Waals surface area contributed by atoms with Gasteiger partial charge in [-0.15, -0.1) is 0 Å². The van der Waals surface area contributed by atoms with Gasteiger partial charge in [0.05, 0.1) is 13.2 Å². The van der Waals surface area contributed by atoms with Crippen molar-refractivity contribution in [3.63, 3.8) is 0 Å². The van der Waals surface area contributed by atoms with Crippen molar-refractivity contribution in [2.75, 3.05) is 7.11 Å². The summed E-state index contributed by atoms with van der Waals surface area (Å²) in [5.41, 5.74) is 9.13. The van der Waals surface area contributed by atoms with Crippen molar-refractivity contribution >= 4 is 15.9 Å². The third kappa shape index (κ3) is 2.98. The molecule has 2 aromatic heterocycles. The number of methoxy groups -OCH3 is 1. The molecule has 0 fully saturated rings. The number of aromatic nitrogens is 1. The van der Waals surface area contributed by atoms with Gasteiger partial charge in [0.1, 0.15) is 11.5 Å². The molecule has 0 amide bonds. The van der Waals surface area contributed by atoms with E-state index in [0.717, 1.165) is 28.3 Å². The molecule has 0 saturated heterocycles. The minimum Gasteiger partial charge on any atom is -0.496 e. The van der Waals surface area contributed by atoms with E-state index in [-0.39, 0.29) is 6.04 Å². The highest BCUT2D eigenvalue weighted by atomic mass is 79.9. The van der Waals surface area contributed by atoms with Crippen LogP contribution in [0.25, 0.3) is 0 Å². The van der Waals surface area contributed by atoms with Crippen LogP contribution in [0.2, 0.25) is 0 Å². The summed E-state index contributed by atoms with van der Waals surface area (Å²) in [6, 6.07) is 3.49. The standard InChI is InChI=1S/C14H17BrN2O2/c1-8-7-17-11(9(2)14(8)18-3)6-10(16)12-4-5-13(15)19-12/h4-5,7,10H,6,16H2,1-3H3. The highest BCUT2D eigenvalue weighted by Gasteiger charge is 2.16. The second-order valence-corrected chi connectivity index (χ2v) is 5.28. The normalized spacial score (nSPS) is 12.5. The van der Waals surface area contributed by atoms with Crippen LogP contribution in [0.15, 0.2) is 27.4 Å². The average Bonchev–Trinajstić information content (AvgIpc) is 2.80. The first-order valence-corrected chi connectivity index (χ1v) is 6.82. The summed E-state index contributed by atoms with van der Waals surface area (Å²) in [6.45, 7) is 3.98. The van der Waals surface area contributed by atoms with E-state index in [1.807, 2.05) is 32.2 Å². The lowest BCUT2D eigenvalue weighted by molar-refractivity contribution is 0.405. The lowest BCUT2D eigenvalue weighted by Crippen LogP contribution is -2.14. The largest absolute Gasteiger partial charge is 0.496 e. The van der Waals surface area contributed by atoms with Gasteiger partial charge in [-0.3, -0.25) is 4.98 Å². The van der Waals surface area contributed by atoms with Crippen LogP contribution in [-0.4, -0.2) is 12.1 Å². The maximum Gasteiger partial charge on any atom is 0.169 e. The number of hydrogen-bond donors (Lipinski definition) is 1. The maximum atomic E-state index is 6.14. The number of rotatable bonds is 4. The minimum atomic E-state index is -0.218. The monoisotopic (exact) mass is 324 g/mol. The second kappa shape index (κ2) is 5.75. The number of nitrogens with two attached hydrogens (primary N) is 1. The van der Waals surface area contributed by atoms with Crippen LogP contribution in [0.3, 0.4) is 0 Å². The fourth-order valence-electron chi connectivity index (χ4n) is 2.11. The summed E-state index contributed by atoms with van der Waals surface area (Å²) < 4.78 is 11.6. The Hall–Kier alpha value is -1.33. The van der Waals surface area contributed by atoms with Crippen LogP contribution in [0.5, 0.6) is 5.75 Å². The molecule has 2 aromatic rings. The first-order chi connectivity index (χ1) is 9.02. The zero-order valence-electron chi connectivity index (χ0n) is 11.2. The van der Waals surface area contributed by atoms with E-state index >= 15 is 0 Å². The molecule has 1 unspecified atom stereocenters. The van der Waals surface area contributed by atoms with Crippen LogP contribution in [0.4, 0.5) is 0 Å². The Balaban J connectivity index is 2.24. The number of ether oxygens (including phenoxy) is 1. The topological polar surface area (TPSA) is 61.3 Å². The molecule has 0 saturated carbocycles. The van der Waals surface area contributed by atoms with Gasteiger partial charge < -0.3 is 14.9 Å². The van der Waals surface area contributed by atoms with Crippen molar-refractivity contribution in [1.29, 1.82) is 0 Å². The third-order valence-corrected chi connectivity index (χ3v) is 3.55. The number of halogens is 1. The molecule has 2 N–H and O–H groups in total. The van der Waals surface area contributed by atoms with Gasteiger partial charge in [-0.1, -0.05) is 0 Å². The van der Waals surface area contributed by atoms with Crippen molar-refractivity contribution < 1.29 is 9.15 Å². The van der Waals surface area contributed by atoms with E-state index in [0.29, 0.717) is 11.1 Å². The maximum absolute atomic E-state index is 6.14. The van der Waals surface area contributed by atoms with Crippen molar-refractivity contribution in [2.45, 2.75) is 26.3 Å². The molecule has 0 aliphatic carbocycles. The van der Waals surface area contributed by atoms with E-state index in [1.54, 1.807) is 7.11 Å². The Kier molecular flexibility index (Phi) is 4.27. The molecule has 1 atom stereocenters. The van der Waals surface area contributed by atoms with E-state index in [2.05, 4.69) is 20.9 Å². The molecule has 2 rings (SSSR count). The van der Waals surface area contributed by atoms with E-state index in [1.165, 1.54) is 0 Å². The van der Waals surface area contributed by atoms with Gasteiger partial charge in [-0.25, -0.2) is 0 Å². The van der Waals surface area contributed by atoms with Crippen molar-refractivity contribution in [2.24, 2.45) is 5.73 Å². The lowest BCUT2D eigenvalue weighted by atomic mass is 10.0. The van der Waals surface area contributed by atoms with Crippen LogP contribution in [0.1, 0.15) is 28.6 Å². The first kappa shape index (κ1) is 14.1. The number of pyridine rings is 1. The van der Waals surface area contributed by atoms with Gasteiger partial charge in [-0.05, 0) is 41.9 Å². The summed E-state index contributed by atoms with van der Waals surface area (Å²) in [7, 11) is 1.67. The smallest absolute Gasteiger partial charge is 0.169 e. The highest BCUT2D eigenvalue weighted by Crippen LogP contribution is 2.27. The molecule has 0 bridgehead atoms. The highest BCUT2D eigenvalue weighted by molar-refractivity contribution is 9.10. The van der Waals surface area contributed by atoms with Crippen LogP contribution in [0, 0.1) is 13.8 Å². The molecule has 0 aromatic carbocycles. The van der Waals surface area contributed by atoms with E-state index in [9.17, 15) is 0 Å². The summed E-state index contributed by atoms with van der Waals surface area (Å²) in [6.07, 6.45) is 2.42. The van der Waals surface area contributed by atoms with Gasteiger partial charge in [0.2, 0.25) is 0 Å². The van der Waals surface area contributed by atoms with Crippen molar-refractivity contribution in [3.8, 4) is 5.75 Å². The molecule has 0 aliphatic heterocycles. The van der Waals surface area contributed by atoms with Crippen LogP contribution in [-0.2, 0) is 6.42 Å². The number of aryl methyl sites for hydroxylation is 1. The molecule has 4 nitrogen and oxygen atoms in total. The van der Waals surface area contributed by atoms with Gasteiger partial charge in [0, 0.05) is 29.4 Å². The molecule has 102 valence electrons. The predicted octanol–water partition coefficient (Wildman–Crippen LogP) is 3.31.